The summed E-state index contributed by atoms with van der Waals surface area (Å²) >= 11 is 3.50. The summed E-state index contributed by atoms with van der Waals surface area (Å²) in [7, 11) is 1.98. The minimum absolute atomic E-state index is 0.776. The van der Waals surface area contributed by atoms with E-state index < -0.39 is 0 Å². The maximum absolute atomic E-state index is 4.69. The summed E-state index contributed by atoms with van der Waals surface area (Å²) in [6.45, 7) is 5.21. The molecule has 21 heavy (non-hydrogen) atoms. The van der Waals surface area contributed by atoms with Crippen LogP contribution in [-0.2, 0) is 12.8 Å². The van der Waals surface area contributed by atoms with Gasteiger partial charge >= 0.3 is 0 Å². The molecule has 4 heteroatoms. The van der Waals surface area contributed by atoms with Crippen LogP contribution in [-0.4, -0.2) is 23.6 Å². The molecule has 1 N–H and O–H groups in total. The number of halogens is 1. The van der Waals surface area contributed by atoms with E-state index in [1.807, 2.05) is 19.2 Å². The number of aromatic nitrogens is 2. The van der Waals surface area contributed by atoms with Gasteiger partial charge in [0.25, 0.3) is 0 Å². The van der Waals surface area contributed by atoms with Gasteiger partial charge in [0.1, 0.15) is 5.82 Å². The van der Waals surface area contributed by atoms with Gasteiger partial charge in [-0.3, -0.25) is 0 Å². The first-order valence-corrected chi connectivity index (χ1v) is 8.11. The maximum Gasteiger partial charge on any atom is 0.133 e. The number of benzene rings is 1. The van der Waals surface area contributed by atoms with Crippen molar-refractivity contribution >= 4 is 15.9 Å². The third kappa shape index (κ3) is 4.61. The van der Waals surface area contributed by atoms with E-state index in [1.165, 1.54) is 11.1 Å². The van der Waals surface area contributed by atoms with Crippen molar-refractivity contribution in [1.82, 2.24) is 15.3 Å². The smallest absolute Gasteiger partial charge is 0.133 e. The van der Waals surface area contributed by atoms with Gasteiger partial charge in [-0.25, -0.2) is 9.97 Å². The molecule has 0 unspecified atom stereocenters. The van der Waals surface area contributed by atoms with Gasteiger partial charge in [0.15, 0.2) is 0 Å². The molecule has 0 radical (unpaired) electrons. The lowest BCUT2D eigenvalue weighted by atomic mass is 10.1. The maximum atomic E-state index is 4.69. The van der Waals surface area contributed by atoms with Crippen LogP contribution in [0.5, 0.6) is 0 Å². The third-order valence-corrected chi connectivity index (χ3v) is 4.07. The Labute approximate surface area is 135 Å². The molecule has 1 heterocycles. The van der Waals surface area contributed by atoms with Crippen LogP contribution >= 0.6 is 15.9 Å². The minimum Gasteiger partial charge on any atom is -0.320 e. The van der Waals surface area contributed by atoms with Crippen molar-refractivity contribution in [1.29, 1.82) is 0 Å². The molecule has 1 aromatic carbocycles. The lowest BCUT2D eigenvalue weighted by Crippen LogP contribution is -2.11. The second-order valence-electron chi connectivity index (χ2n) is 5.30. The SMILES string of the molecule is CNCCCc1c(C)nc(Cc2cccc(Br)c2)nc1C. The van der Waals surface area contributed by atoms with Crippen molar-refractivity contribution in [3.8, 4) is 0 Å². The molecule has 0 aliphatic carbocycles. The van der Waals surface area contributed by atoms with Crippen LogP contribution in [0.2, 0.25) is 0 Å². The first-order chi connectivity index (χ1) is 10.1. The normalized spacial score (nSPS) is 10.9. The van der Waals surface area contributed by atoms with E-state index in [2.05, 4.69) is 47.2 Å². The van der Waals surface area contributed by atoms with Crippen molar-refractivity contribution in [3.05, 3.63) is 57.1 Å². The van der Waals surface area contributed by atoms with Gasteiger partial charge in [0.2, 0.25) is 0 Å². The average molecular weight is 348 g/mol. The van der Waals surface area contributed by atoms with Crippen molar-refractivity contribution in [3.63, 3.8) is 0 Å². The summed E-state index contributed by atoms with van der Waals surface area (Å²) in [6.07, 6.45) is 2.93. The van der Waals surface area contributed by atoms with E-state index in [0.717, 1.165) is 47.5 Å². The molecule has 0 aliphatic rings. The fourth-order valence-corrected chi connectivity index (χ4v) is 2.97. The summed E-state index contributed by atoms with van der Waals surface area (Å²) in [6, 6.07) is 8.31. The van der Waals surface area contributed by atoms with Gasteiger partial charge in [0.05, 0.1) is 0 Å². The molecule has 0 atom stereocenters. The standard InChI is InChI=1S/C17H22BrN3/c1-12-16(8-5-9-19-3)13(2)21-17(20-12)11-14-6-4-7-15(18)10-14/h4,6-7,10,19H,5,8-9,11H2,1-3H3. The van der Waals surface area contributed by atoms with Crippen LogP contribution in [0.3, 0.4) is 0 Å². The highest BCUT2D eigenvalue weighted by molar-refractivity contribution is 9.10. The van der Waals surface area contributed by atoms with Gasteiger partial charge in [-0.15, -0.1) is 0 Å². The van der Waals surface area contributed by atoms with Crippen LogP contribution in [0.1, 0.15) is 34.8 Å². The van der Waals surface area contributed by atoms with Gasteiger partial charge in [0, 0.05) is 22.3 Å². The highest BCUT2D eigenvalue weighted by atomic mass is 79.9. The van der Waals surface area contributed by atoms with Gasteiger partial charge < -0.3 is 5.32 Å². The first kappa shape index (κ1) is 16.1. The molecule has 0 saturated heterocycles. The van der Waals surface area contributed by atoms with Gasteiger partial charge in [-0.1, -0.05) is 28.1 Å². The van der Waals surface area contributed by atoms with Crippen molar-refractivity contribution < 1.29 is 0 Å². The van der Waals surface area contributed by atoms with E-state index in [1.54, 1.807) is 0 Å². The molecule has 3 nitrogen and oxygen atoms in total. The second kappa shape index (κ2) is 7.66. The summed E-state index contributed by atoms with van der Waals surface area (Å²) in [5.41, 5.74) is 4.75. The Morgan fingerprint density at radius 3 is 2.48 bits per heavy atom. The monoisotopic (exact) mass is 347 g/mol. The molecule has 112 valence electrons. The molecule has 0 bridgehead atoms. The predicted octanol–water partition coefficient (Wildman–Crippen LogP) is 3.60. The predicted molar refractivity (Wildman–Crippen MR) is 90.7 cm³/mol. The summed E-state index contributed by atoms with van der Waals surface area (Å²) in [4.78, 5) is 9.38. The lowest BCUT2D eigenvalue weighted by molar-refractivity contribution is 0.712. The van der Waals surface area contributed by atoms with Crippen LogP contribution < -0.4 is 5.32 Å². The molecule has 0 saturated carbocycles. The molecule has 0 spiro atoms. The Morgan fingerprint density at radius 2 is 1.86 bits per heavy atom. The van der Waals surface area contributed by atoms with Gasteiger partial charge in [-0.05, 0) is 63.5 Å². The number of hydrogen-bond acceptors (Lipinski definition) is 3. The van der Waals surface area contributed by atoms with Gasteiger partial charge in [-0.2, -0.15) is 0 Å². The highest BCUT2D eigenvalue weighted by Gasteiger charge is 2.09. The fraction of sp³-hybridized carbons (Fsp3) is 0.412. The van der Waals surface area contributed by atoms with Crippen LogP contribution in [0, 0.1) is 13.8 Å². The topological polar surface area (TPSA) is 37.8 Å². The molecule has 2 rings (SSSR count). The number of hydrogen-bond donors (Lipinski definition) is 1. The largest absolute Gasteiger partial charge is 0.320 e. The summed E-state index contributed by atoms with van der Waals surface area (Å²) in [5.74, 6) is 0.903. The van der Waals surface area contributed by atoms with E-state index >= 15 is 0 Å². The van der Waals surface area contributed by atoms with Crippen molar-refractivity contribution in [2.24, 2.45) is 0 Å². The van der Waals surface area contributed by atoms with E-state index in [9.17, 15) is 0 Å². The quantitative estimate of drug-likeness (QED) is 0.811. The molecular formula is C17H22BrN3. The Balaban J connectivity index is 2.15. The Hall–Kier alpha value is -1.26. The molecule has 0 aliphatic heterocycles. The first-order valence-electron chi connectivity index (χ1n) is 7.32. The van der Waals surface area contributed by atoms with Crippen LogP contribution in [0.4, 0.5) is 0 Å². The van der Waals surface area contributed by atoms with E-state index in [4.69, 9.17) is 9.97 Å². The zero-order valence-electron chi connectivity index (χ0n) is 12.9. The Kier molecular flexibility index (Phi) is 5.88. The number of aryl methyl sites for hydroxylation is 2. The number of nitrogens with one attached hydrogen (secondary N) is 1. The average Bonchev–Trinajstić information content (AvgIpc) is 2.42. The van der Waals surface area contributed by atoms with E-state index in [0.29, 0.717) is 0 Å². The number of rotatable bonds is 6. The Bertz CT molecular complexity index is 588. The molecule has 0 fully saturated rings. The van der Waals surface area contributed by atoms with Crippen LogP contribution in [0.15, 0.2) is 28.7 Å². The van der Waals surface area contributed by atoms with Crippen LogP contribution in [0.25, 0.3) is 0 Å². The molecular weight excluding hydrogens is 326 g/mol. The second-order valence-corrected chi connectivity index (χ2v) is 6.22. The third-order valence-electron chi connectivity index (χ3n) is 3.57. The summed E-state index contributed by atoms with van der Waals surface area (Å²) < 4.78 is 1.09. The van der Waals surface area contributed by atoms with Crippen molar-refractivity contribution in [2.45, 2.75) is 33.1 Å². The molecule has 1 aromatic heterocycles. The fourth-order valence-electron chi connectivity index (χ4n) is 2.52. The lowest BCUT2D eigenvalue weighted by Gasteiger charge is -2.11. The minimum atomic E-state index is 0.776. The zero-order chi connectivity index (χ0) is 15.2. The van der Waals surface area contributed by atoms with Crippen molar-refractivity contribution in [2.75, 3.05) is 13.6 Å². The summed E-state index contributed by atoms with van der Waals surface area (Å²) in [5, 5.41) is 3.18. The Morgan fingerprint density at radius 1 is 1.14 bits per heavy atom. The van der Waals surface area contributed by atoms with E-state index in [-0.39, 0.29) is 0 Å². The number of nitrogens with zero attached hydrogens (tertiary/aromatic N) is 2. The zero-order valence-corrected chi connectivity index (χ0v) is 14.5. The molecule has 2 aromatic rings. The highest BCUT2D eigenvalue weighted by Crippen LogP contribution is 2.17. The molecule has 0 amide bonds.